The quantitative estimate of drug-likeness (QED) is 0.630. The van der Waals surface area contributed by atoms with Crippen LogP contribution in [0, 0.1) is 5.92 Å². The summed E-state index contributed by atoms with van der Waals surface area (Å²) in [5.74, 6) is 0.206. The van der Waals surface area contributed by atoms with Crippen LogP contribution in [0.4, 0.5) is 0 Å². The zero-order valence-corrected chi connectivity index (χ0v) is 7.14. The molecule has 1 unspecified atom stereocenters. The van der Waals surface area contributed by atoms with Gasteiger partial charge in [0.1, 0.15) is 0 Å². The highest BCUT2D eigenvalue weighted by Gasteiger charge is 2.03. The molecule has 0 bridgehead atoms. The first-order valence-corrected chi connectivity index (χ1v) is 3.96. The first-order valence-electron chi connectivity index (χ1n) is 3.96. The smallest absolute Gasteiger partial charge is 0.0962 e. The first kappa shape index (κ1) is 9.15. The van der Waals surface area contributed by atoms with Gasteiger partial charge in [-0.3, -0.25) is 4.68 Å². The Hall–Kier alpha value is -0.940. The van der Waals surface area contributed by atoms with Crippen molar-refractivity contribution in [1.82, 2.24) is 15.0 Å². The Balaban J connectivity index is 2.52. The molecule has 0 aromatic carbocycles. The van der Waals surface area contributed by atoms with Crippen LogP contribution < -0.4 is 5.73 Å². The Morgan fingerprint density at radius 1 is 1.75 bits per heavy atom. The third kappa shape index (κ3) is 2.28. The number of aromatic nitrogens is 3. The Morgan fingerprint density at radius 3 is 3.00 bits per heavy atom. The molecule has 1 heterocycles. The fourth-order valence-corrected chi connectivity index (χ4v) is 0.898. The van der Waals surface area contributed by atoms with E-state index in [4.69, 9.17) is 10.8 Å². The minimum atomic E-state index is 0.165. The maximum Gasteiger partial charge on any atom is 0.0962 e. The van der Waals surface area contributed by atoms with Crippen LogP contribution in [0.1, 0.15) is 12.6 Å². The van der Waals surface area contributed by atoms with E-state index < -0.39 is 0 Å². The van der Waals surface area contributed by atoms with Gasteiger partial charge in [0.25, 0.3) is 0 Å². The Kier molecular flexibility index (Phi) is 3.19. The summed E-state index contributed by atoms with van der Waals surface area (Å²) in [6.07, 6.45) is 1.80. The third-order valence-electron chi connectivity index (χ3n) is 1.61. The SMILES string of the molecule is CC(CO)Cn1cc(CN)nn1. The van der Waals surface area contributed by atoms with Gasteiger partial charge in [0.2, 0.25) is 0 Å². The second-order valence-electron chi connectivity index (χ2n) is 2.92. The summed E-state index contributed by atoms with van der Waals surface area (Å²) in [5.41, 5.74) is 6.14. The fraction of sp³-hybridized carbons (Fsp3) is 0.714. The van der Waals surface area contributed by atoms with E-state index in [1.165, 1.54) is 0 Å². The van der Waals surface area contributed by atoms with Crippen LogP contribution in [0.25, 0.3) is 0 Å². The second kappa shape index (κ2) is 4.18. The van der Waals surface area contributed by atoms with E-state index >= 15 is 0 Å². The average molecular weight is 170 g/mol. The number of nitrogens with two attached hydrogens (primary N) is 1. The van der Waals surface area contributed by atoms with E-state index in [9.17, 15) is 0 Å². The van der Waals surface area contributed by atoms with E-state index in [2.05, 4.69) is 10.3 Å². The molecular weight excluding hydrogens is 156 g/mol. The summed E-state index contributed by atoms with van der Waals surface area (Å²) in [6, 6.07) is 0. The van der Waals surface area contributed by atoms with Crippen LogP contribution in [0.3, 0.4) is 0 Å². The summed E-state index contributed by atoms with van der Waals surface area (Å²) < 4.78 is 1.70. The van der Waals surface area contributed by atoms with E-state index in [-0.39, 0.29) is 12.5 Å². The molecule has 5 nitrogen and oxygen atoms in total. The molecule has 12 heavy (non-hydrogen) atoms. The van der Waals surface area contributed by atoms with Crippen molar-refractivity contribution in [3.63, 3.8) is 0 Å². The maximum absolute atomic E-state index is 8.77. The summed E-state index contributed by atoms with van der Waals surface area (Å²) in [5, 5.41) is 16.5. The number of hydrogen-bond acceptors (Lipinski definition) is 4. The monoisotopic (exact) mass is 170 g/mol. The van der Waals surface area contributed by atoms with Crippen molar-refractivity contribution in [1.29, 1.82) is 0 Å². The summed E-state index contributed by atoms with van der Waals surface area (Å²) >= 11 is 0. The average Bonchev–Trinajstić information content (AvgIpc) is 2.52. The van der Waals surface area contributed by atoms with Crippen molar-refractivity contribution >= 4 is 0 Å². The lowest BCUT2D eigenvalue weighted by molar-refractivity contribution is 0.218. The van der Waals surface area contributed by atoms with Crippen LogP contribution in [0.15, 0.2) is 6.20 Å². The van der Waals surface area contributed by atoms with Crippen LogP contribution in [0.5, 0.6) is 0 Å². The molecule has 0 saturated heterocycles. The number of hydrogen-bond donors (Lipinski definition) is 2. The molecule has 0 aliphatic carbocycles. The fourth-order valence-electron chi connectivity index (χ4n) is 0.898. The Morgan fingerprint density at radius 2 is 2.50 bits per heavy atom. The van der Waals surface area contributed by atoms with Gasteiger partial charge < -0.3 is 10.8 Å². The summed E-state index contributed by atoms with van der Waals surface area (Å²) in [7, 11) is 0. The van der Waals surface area contributed by atoms with E-state index in [0.717, 1.165) is 5.69 Å². The van der Waals surface area contributed by atoms with Gasteiger partial charge in [0.05, 0.1) is 5.69 Å². The molecule has 0 aliphatic heterocycles. The van der Waals surface area contributed by atoms with Crippen molar-refractivity contribution < 1.29 is 5.11 Å². The van der Waals surface area contributed by atoms with Gasteiger partial charge in [0.15, 0.2) is 0 Å². The molecule has 1 rings (SSSR count). The third-order valence-corrected chi connectivity index (χ3v) is 1.61. The lowest BCUT2D eigenvalue weighted by Gasteiger charge is -2.05. The van der Waals surface area contributed by atoms with E-state index in [1.54, 1.807) is 10.9 Å². The number of nitrogens with zero attached hydrogens (tertiary/aromatic N) is 3. The van der Waals surface area contributed by atoms with Gasteiger partial charge in [-0.25, -0.2) is 0 Å². The number of rotatable bonds is 4. The van der Waals surface area contributed by atoms with Gasteiger partial charge in [-0.05, 0) is 5.92 Å². The molecule has 0 aliphatic rings. The predicted octanol–water partition coefficient (Wildman–Crippen LogP) is -0.635. The Bertz CT molecular complexity index is 235. The summed E-state index contributed by atoms with van der Waals surface area (Å²) in [4.78, 5) is 0. The zero-order chi connectivity index (χ0) is 8.97. The van der Waals surface area contributed by atoms with Gasteiger partial charge in [-0.15, -0.1) is 5.10 Å². The van der Waals surface area contributed by atoms with Gasteiger partial charge >= 0.3 is 0 Å². The lowest BCUT2D eigenvalue weighted by atomic mass is 10.2. The Labute approximate surface area is 71.2 Å². The molecule has 5 heteroatoms. The van der Waals surface area contributed by atoms with Crippen LogP contribution in [0.2, 0.25) is 0 Å². The first-order chi connectivity index (χ1) is 5.76. The zero-order valence-electron chi connectivity index (χ0n) is 7.14. The normalized spacial score (nSPS) is 13.2. The highest BCUT2D eigenvalue weighted by molar-refractivity contribution is 4.90. The molecule has 68 valence electrons. The molecule has 0 radical (unpaired) electrons. The number of aliphatic hydroxyl groups excluding tert-OH is 1. The molecule has 1 aromatic rings. The topological polar surface area (TPSA) is 77.0 Å². The van der Waals surface area contributed by atoms with Gasteiger partial charge in [-0.1, -0.05) is 12.1 Å². The van der Waals surface area contributed by atoms with Crippen LogP contribution in [-0.2, 0) is 13.1 Å². The second-order valence-corrected chi connectivity index (χ2v) is 2.92. The standard InChI is InChI=1S/C7H14N4O/c1-6(5-12)3-11-4-7(2-8)9-10-11/h4,6,12H,2-3,5,8H2,1H3. The van der Waals surface area contributed by atoms with Crippen LogP contribution >= 0.6 is 0 Å². The highest BCUT2D eigenvalue weighted by Crippen LogP contribution is 1.98. The molecule has 0 amide bonds. The predicted molar refractivity (Wildman–Crippen MR) is 44.2 cm³/mol. The minimum absolute atomic E-state index is 0.165. The largest absolute Gasteiger partial charge is 0.396 e. The number of aliphatic hydroxyl groups is 1. The van der Waals surface area contributed by atoms with Gasteiger partial charge in [0, 0.05) is 25.9 Å². The molecule has 0 fully saturated rings. The van der Waals surface area contributed by atoms with Gasteiger partial charge in [-0.2, -0.15) is 0 Å². The highest BCUT2D eigenvalue weighted by atomic mass is 16.3. The lowest BCUT2D eigenvalue weighted by Crippen LogP contribution is -2.11. The molecule has 3 N–H and O–H groups in total. The molecule has 1 aromatic heterocycles. The van der Waals surface area contributed by atoms with Crippen molar-refractivity contribution in [3.8, 4) is 0 Å². The van der Waals surface area contributed by atoms with Crippen molar-refractivity contribution in [2.75, 3.05) is 6.61 Å². The van der Waals surface area contributed by atoms with E-state index in [0.29, 0.717) is 13.1 Å². The molecular formula is C7H14N4O. The van der Waals surface area contributed by atoms with Crippen molar-refractivity contribution in [3.05, 3.63) is 11.9 Å². The van der Waals surface area contributed by atoms with Crippen LogP contribution in [-0.4, -0.2) is 26.7 Å². The van der Waals surface area contributed by atoms with E-state index in [1.807, 2.05) is 6.92 Å². The minimum Gasteiger partial charge on any atom is -0.396 e. The molecule has 0 saturated carbocycles. The van der Waals surface area contributed by atoms with Crippen molar-refractivity contribution in [2.24, 2.45) is 11.7 Å². The van der Waals surface area contributed by atoms with Crippen molar-refractivity contribution in [2.45, 2.75) is 20.0 Å². The molecule has 0 spiro atoms. The maximum atomic E-state index is 8.77. The summed E-state index contributed by atoms with van der Waals surface area (Å²) in [6.45, 7) is 3.21. The molecule has 1 atom stereocenters.